The minimum Gasteiger partial charge on any atom is -0.495 e. The van der Waals surface area contributed by atoms with Crippen LogP contribution in [0.15, 0.2) is 12.1 Å². The Kier molecular flexibility index (Phi) is 2.97. The summed E-state index contributed by atoms with van der Waals surface area (Å²) in [6.07, 6.45) is 3.81. The Morgan fingerprint density at radius 1 is 1.21 bits per heavy atom. The Balaban J connectivity index is 2.08. The Morgan fingerprint density at radius 3 is 2.63 bits per heavy atom. The molecular weight excluding hydrogens is 240 g/mol. The van der Waals surface area contributed by atoms with Gasteiger partial charge < -0.3 is 19.9 Å². The lowest BCUT2D eigenvalue weighted by atomic mass is 10.1. The van der Waals surface area contributed by atoms with Gasteiger partial charge in [-0.25, -0.2) is 4.98 Å². The quantitative estimate of drug-likeness (QED) is 0.841. The van der Waals surface area contributed by atoms with Crippen molar-refractivity contribution in [1.82, 2.24) is 9.55 Å². The number of piperidine rings is 1. The Hall–Kier alpha value is -1.91. The summed E-state index contributed by atoms with van der Waals surface area (Å²) in [5.41, 5.74) is 8.58. The van der Waals surface area contributed by atoms with Gasteiger partial charge in [-0.05, 0) is 25.3 Å². The van der Waals surface area contributed by atoms with Crippen molar-refractivity contribution in [3.05, 3.63) is 12.1 Å². The normalized spacial score (nSPS) is 16.0. The monoisotopic (exact) mass is 260 g/mol. The summed E-state index contributed by atoms with van der Waals surface area (Å²) in [4.78, 5) is 7.08. The van der Waals surface area contributed by atoms with Gasteiger partial charge in [0.1, 0.15) is 5.75 Å². The van der Waals surface area contributed by atoms with E-state index >= 15 is 0 Å². The first kappa shape index (κ1) is 12.1. The van der Waals surface area contributed by atoms with Crippen LogP contribution in [0.5, 0.6) is 5.75 Å². The molecule has 2 aromatic rings. The van der Waals surface area contributed by atoms with E-state index in [1.54, 1.807) is 7.11 Å². The molecule has 19 heavy (non-hydrogen) atoms. The summed E-state index contributed by atoms with van der Waals surface area (Å²) in [6, 6.07) is 3.85. The highest BCUT2D eigenvalue weighted by Crippen LogP contribution is 2.30. The molecule has 0 unspecified atom stereocenters. The van der Waals surface area contributed by atoms with Crippen molar-refractivity contribution in [1.29, 1.82) is 0 Å². The van der Waals surface area contributed by atoms with E-state index < -0.39 is 0 Å². The van der Waals surface area contributed by atoms with Crippen LogP contribution in [-0.4, -0.2) is 29.8 Å². The topological polar surface area (TPSA) is 56.3 Å². The van der Waals surface area contributed by atoms with Gasteiger partial charge in [0.2, 0.25) is 5.95 Å². The number of nitrogen functional groups attached to an aromatic ring is 1. The Morgan fingerprint density at radius 2 is 1.95 bits per heavy atom. The van der Waals surface area contributed by atoms with Gasteiger partial charge in [-0.15, -0.1) is 0 Å². The van der Waals surface area contributed by atoms with Crippen molar-refractivity contribution in [2.24, 2.45) is 7.05 Å². The van der Waals surface area contributed by atoms with Gasteiger partial charge in [-0.2, -0.15) is 0 Å². The molecule has 1 aromatic heterocycles. The number of rotatable bonds is 2. The zero-order chi connectivity index (χ0) is 13.4. The van der Waals surface area contributed by atoms with Gasteiger partial charge in [-0.3, -0.25) is 0 Å². The Bertz CT molecular complexity index is 599. The van der Waals surface area contributed by atoms with Crippen LogP contribution >= 0.6 is 0 Å². The molecule has 0 spiro atoms. The van der Waals surface area contributed by atoms with Crippen LogP contribution in [0.2, 0.25) is 0 Å². The summed E-state index contributed by atoms with van der Waals surface area (Å²) in [5, 5.41) is 0. The SMILES string of the molecule is COc1cc2c(cc1N)nc(N1CCCCC1)n2C. The molecule has 5 heteroatoms. The van der Waals surface area contributed by atoms with Gasteiger partial charge >= 0.3 is 0 Å². The molecule has 0 bridgehead atoms. The lowest BCUT2D eigenvalue weighted by Gasteiger charge is -2.27. The van der Waals surface area contributed by atoms with Crippen molar-refractivity contribution in [3.8, 4) is 5.75 Å². The maximum Gasteiger partial charge on any atom is 0.206 e. The first-order valence-electron chi connectivity index (χ1n) is 6.75. The number of nitrogens with zero attached hydrogens (tertiary/aromatic N) is 3. The smallest absolute Gasteiger partial charge is 0.206 e. The first-order chi connectivity index (χ1) is 9.20. The molecule has 1 fully saturated rings. The molecule has 3 rings (SSSR count). The molecule has 2 heterocycles. The highest BCUT2D eigenvalue weighted by atomic mass is 16.5. The van der Waals surface area contributed by atoms with E-state index in [-0.39, 0.29) is 0 Å². The number of fused-ring (bicyclic) bond motifs is 1. The first-order valence-corrected chi connectivity index (χ1v) is 6.75. The van der Waals surface area contributed by atoms with Crippen LogP contribution in [0.25, 0.3) is 11.0 Å². The lowest BCUT2D eigenvalue weighted by Crippen LogP contribution is -2.31. The van der Waals surface area contributed by atoms with Crippen molar-refractivity contribution < 1.29 is 4.74 Å². The maximum atomic E-state index is 5.95. The van der Waals surface area contributed by atoms with Gasteiger partial charge in [0, 0.05) is 26.2 Å². The zero-order valence-electron chi connectivity index (χ0n) is 11.5. The van der Waals surface area contributed by atoms with Crippen LogP contribution in [0, 0.1) is 0 Å². The van der Waals surface area contributed by atoms with E-state index in [9.17, 15) is 0 Å². The molecule has 0 atom stereocenters. The number of hydrogen-bond donors (Lipinski definition) is 1. The van der Waals surface area contributed by atoms with Gasteiger partial charge in [0.25, 0.3) is 0 Å². The summed E-state index contributed by atoms with van der Waals surface area (Å²) in [6.45, 7) is 2.17. The number of aromatic nitrogens is 2. The van der Waals surface area contributed by atoms with Crippen LogP contribution in [0.1, 0.15) is 19.3 Å². The van der Waals surface area contributed by atoms with Gasteiger partial charge in [0.05, 0.1) is 23.8 Å². The van der Waals surface area contributed by atoms with E-state index in [1.807, 2.05) is 12.1 Å². The van der Waals surface area contributed by atoms with Crippen LogP contribution in [0.4, 0.5) is 11.6 Å². The van der Waals surface area contributed by atoms with Crippen molar-refractivity contribution >= 4 is 22.7 Å². The van der Waals surface area contributed by atoms with Crippen molar-refractivity contribution in [2.45, 2.75) is 19.3 Å². The fourth-order valence-electron chi connectivity index (χ4n) is 2.78. The molecule has 1 saturated heterocycles. The molecule has 5 nitrogen and oxygen atoms in total. The van der Waals surface area contributed by atoms with Crippen LogP contribution in [-0.2, 0) is 7.05 Å². The fourth-order valence-corrected chi connectivity index (χ4v) is 2.78. The molecule has 0 saturated carbocycles. The predicted octanol–water partition coefficient (Wildman–Crippen LogP) is 2.15. The second-order valence-electron chi connectivity index (χ2n) is 5.10. The zero-order valence-corrected chi connectivity index (χ0v) is 11.5. The number of methoxy groups -OCH3 is 1. The summed E-state index contributed by atoms with van der Waals surface area (Å²) < 4.78 is 7.41. The number of aryl methyl sites for hydroxylation is 1. The molecule has 0 radical (unpaired) electrons. The Labute approximate surface area is 113 Å². The lowest BCUT2D eigenvalue weighted by molar-refractivity contribution is 0.417. The average Bonchev–Trinajstić information content (AvgIpc) is 2.75. The average molecular weight is 260 g/mol. The van der Waals surface area contributed by atoms with E-state index in [4.69, 9.17) is 15.5 Å². The molecule has 0 aliphatic carbocycles. The summed E-state index contributed by atoms with van der Waals surface area (Å²) >= 11 is 0. The van der Waals surface area contributed by atoms with E-state index in [2.05, 4.69) is 16.5 Å². The highest BCUT2D eigenvalue weighted by Gasteiger charge is 2.18. The number of imidazole rings is 1. The van der Waals surface area contributed by atoms with E-state index in [0.717, 1.165) is 30.1 Å². The third-order valence-electron chi connectivity index (χ3n) is 3.85. The largest absolute Gasteiger partial charge is 0.495 e. The third-order valence-corrected chi connectivity index (χ3v) is 3.85. The maximum absolute atomic E-state index is 5.95. The molecule has 102 valence electrons. The molecule has 1 aromatic carbocycles. The van der Waals surface area contributed by atoms with Crippen molar-refractivity contribution in [3.63, 3.8) is 0 Å². The van der Waals surface area contributed by atoms with Crippen LogP contribution in [0.3, 0.4) is 0 Å². The molecule has 2 N–H and O–H groups in total. The number of hydrogen-bond acceptors (Lipinski definition) is 4. The van der Waals surface area contributed by atoms with Gasteiger partial charge in [-0.1, -0.05) is 0 Å². The third kappa shape index (κ3) is 1.99. The van der Waals surface area contributed by atoms with Crippen molar-refractivity contribution in [2.75, 3.05) is 30.8 Å². The standard InChI is InChI=1S/C14H20N4O/c1-17-12-9-13(19-2)10(15)8-11(12)16-14(17)18-6-4-3-5-7-18/h8-9H,3-7,15H2,1-2H3. The van der Waals surface area contributed by atoms with E-state index in [0.29, 0.717) is 11.4 Å². The minimum absolute atomic E-state index is 0.637. The van der Waals surface area contributed by atoms with Gasteiger partial charge in [0.15, 0.2) is 0 Å². The van der Waals surface area contributed by atoms with Crippen LogP contribution < -0.4 is 15.4 Å². The number of nitrogens with two attached hydrogens (primary N) is 1. The molecule has 1 aliphatic heterocycles. The van der Waals surface area contributed by atoms with E-state index in [1.165, 1.54) is 19.3 Å². The second-order valence-corrected chi connectivity index (χ2v) is 5.10. The number of ether oxygens (including phenoxy) is 1. The second kappa shape index (κ2) is 4.64. The number of benzene rings is 1. The highest BCUT2D eigenvalue weighted by molar-refractivity contribution is 5.85. The summed E-state index contributed by atoms with van der Waals surface area (Å²) in [7, 11) is 3.69. The molecule has 1 aliphatic rings. The summed E-state index contributed by atoms with van der Waals surface area (Å²) in [5.74, 6) is 1.74. The fraction of sp³-hybridized carbons (Fsp3) is 0.500. The minimum atomic E-state index is 0.637. The molecular formula is C14H20N4O. The number of anilines is 2. The predicted molar refractivity (Wildman–Crippen MR) is 77.7 cm³/mol. The molecule has 0 amide bonds.